The Morgan fingerprint density at radius 2 is 1.97 bits per heavy atom. The highest BCUT2D eigenvalue weighted by Crippen LogP contribution is 2.38. The summed E-state index contributed by atoms with van der Waals surface area (Å²) in [5.41, 5.74) is 3.71. The fourth-order valence-corrected chi connectivity index (χ4v) is 6.30. The molecule has 5 rings (SSSR count). The Labute approximate surface area is 195 Å². The van der Waals surface area contributed by atoms with Crippen LogP contribution in [0.2, 0.25) is 5.02 Å². The lowest BCUT2D eigenvalue weighted by Crippen LogP contribution is -2.41. The van der Waals surface area contributed by atoms with Crippen molar-refractivity contribution in [1.82, 2.24) is 4.98 Å². The quantitative estimate of drug-likeness (QED) is 0.576. The molecule has 32 heavy (non-hydrogen) atoms. The van der Waals surface area contributed by atoms with Gasteiger partial charge in [-0.25, -0.2) is 12.8 Å². The minimum atomic E-state index is -3.74. The smallest absolute Gasteiger partial charge is 0.262 e. The Hall–Kier alpha value is -2.69. The van der Waals surface area contributed by atoms with Crippen LogP contribution >= 0.6 is 22.9 Å². The normalized spacial score (nSPS) is 18.3. The highest BCUT2D eigenvalue weighted by molar-refractivity contribution is 7.93. The number of nitrogens with one attached hydrogen (secondary N) is 1. The van der Waals surface area contributed by atoms with Crippen LogP contribution < -0.4 is 14.5 Å². The van der Waals surface area contributed by atoms with E-state index in [4.69, 9.17) is 11.6 Å². The molecule has 168 valence electrons. The second kappa shape index (κ2) is 8.02. The minimum absolute atomic E-state index is 0. The molecule has 1 saturated heterocycles. The number of aromatic nitrogens is 1. The number of carbonyl (C=O) groups is 1. The van der Waals surface area contributed by atoms with Crippen molar-refractivity contribution < 1.29 is 19.0 Å². The molecular formula is C21H20ClFN4O3S2. The van der Waals surface area contributed by atoms with Crippen molar-refractivity contribution in [3.63, 3.8) is 0 Å². The van der Waals surface area contributed by atoms with Crippen LogP contribution in [-0.2, 0) is 21.2 Å². The fourth-order valence-electron chi connectivity index (χ4n) is 4.24. The summed E-state index contributed by atoms with van der Waals surface area (Å²) in [5, 5.41) is 0.550. The van der Waals surface area contributed by atoms with Crippen molar-refractivity contribution in [2.75, 3.05) is 27.6 Å². The summed E-state index contributed by atoms with van der Waals surface area (Å²) in [6, 6.07) is 8.86. The number of hydrogen-bond acceptors (Lipinski definition) is 6. The maximum Gasteiger partial charge on any atom is 0.262 e. The third-order valence-electron chi connectivity index (χ3n) is 5.76. The molecular weight excluding hydrogens is 475 g/mol. The number of rotatable bonds is 5. The zero-order valence-corrected chi connectivity index (χ0v) is 19.1. The number of nitrogens with zero attached hydrogens (tertiary/aromatic N) is 3. The van der Waals surface area contributed by atoms with Gasteiger partial charge < -0.3 is 9.80 Å². The number of fused-ring (bicyclic) bond motifs is 1. The molecule has 1 N–H and O–H groups in total. The van der Waals surface area contributed by atoms with Gasteiger partial charge in [0, 0.05) is 25.9 Å². The van der Waals surface area contributed by atoms with Crippen molar-refractivity contribution >= 4 is 55.2 Å². The van der Waals surface area contributed by atoms with Crippen molar-refractivity contribution in [3.8, 4) is 0 Å². The Bertz CT molecular complexity index is 1290. The third-order valence-corrected chi connectivity index (χ3v) is 8.37. The summed E-state index contributed by atoms with van der Waals surface area (Å²) in [7, 11) is -3.74. The number of carbonyl (C=O) groups excluding carboxylic acids is 1. The summed E-state index contributed by atoms with van der Waals surface area (Å²) in [5.74, 6) is -0.525. The van der Waals surface area contributed by atoms with E-state index in [2.05, 4.69) is 9.71 Å². The van der Waals surface area contributed by atoms with E-state index in [-0.39, 0.29) is 23.3 Å². The lowest BCUT2D eigenvalue weighted by molar-refractivity contribution is -0.118. The summed E-state index contributed by atoms with van der Waals surface area (Å²) < 4.78 is 41.3. The molecule has 1 atom stereocenters. The second-order valence-corrected chi connectivity index (χ2v) is 10.5. The van der Waals surface area contributed by atoms with Gasteiger partial charge >= 0.3 is 0 Å². The van der Waals surface area contributed by atoms with Crippen LogP contribution in [-0.4, -0.2) is 38.4 Å². The summed E-state index contributed by atoms with van der Waals surface area (Å²) in [6.07, 6.45) is 2.65. The number of anilines is 3. The molecule has 1 aromatic heterocycles. The van der Waals surface area contributed by atoms with E-state index in [1.807, 2.05) is 4.90 Å². The van der Waals surface area contributed by atoms with Crippen molar-refractivity contribution in [1.29, 1.82) is 0 Å². The molecule has 0 radical (unpaired) electrons. The maximum absolute atomic E-state index is 13.8. The number of halogens is 2. The van der Waals surface area contributed by atoms with Crippen molar-refractivity contribution in [2.45, 2.75) is 23.8 Å². The molecule has 3 heterocycles. The second-order valence-electron chi connectivity index (χ2n) is 7.56. The van der Waals surface area contributed by atoms with Crippen LogP contribution in [0.4, 0.5) is 20.8 Å². The van der Waals surface area contributed by atoms with Crippen LogP contribution in [0.15, 0.2) is 53.0 Å². The van der Waals surface area contributed by atoms with Gasteiger partial charge in [-0.05, 0) is 54.8 Å². The highest BCUT2D eigenvalue weighted by Gasteiger charge is 2.39. The predicted octanol–water partition coefficient (Wildman–Crippen LogP) is 4.15. The molecule has 0 bridgehead atoms. The largest absolute Gasteiger partial charge is 0.359 e. The SMILES string of the molecule is O=C1[C@@H](N2CCc3c2ccc(F)c3Cl)CCN1c1ccc(S(=O)(=O)Nc2cncs2)cc1.[HH]. The van der Waals surface area contributed by atoms with Crippen molar-refractivity contribution in [2.24, 2.45) is 0 Å². The van der Waals surface area contributed by atoms with Gasteiger partial charge in [-0.3, -0.25) is 14.5 Å². The van der Waals surface area contributed by atoms with Gasteiger partial charge in [0.2, 0.25) is 5.91 Å². The number of thiazole rings is 1. The van der Waals surface area contributed by atoms with E-state index < -0.39 is 15.8 Å². The maximum atomic E-state index is 13.8. The summed E-state index contributed by atoms with van der Waals surface area (Å²) >= 11 is 7.30. The Morgan fingerprint density at radius 3 is 2.69 bits per heavy atom. The average molecular weight is 495 g/mol. The highest BCUT2D eigenvalue weighted by atomic mass is 35.5. The fraction of sp³-hybridized carbons (Fsp3) is 0.238. The molecule has 11 heteroatoms. The van der Waals surface area contributed by atoms with E-state index in [1.54, 1.807) is 28.6 Å². The molecule has 0 aliphatic carbocycles. The molecule has 1 amide bonds. The lowest BCUT2D eigenvalue weighted by Gasteiger charge is -2.26. The monoisotopic (exact) mass is 494 g/mol. The van der Waals surface area contributed by atoms with Crippen LogP contribution in [0.5, 0.6) is 0 Å². The molecule has 2 aromatic carbocycles. The number of benzene rings is 2. The van der Waals surface area contributed by atoms with E-state index in [0.29, 0.717) is 36.6 Å². The molecule has 2 aliphatic rings. The Kier molecular flexibility index (Phi) is 5.31. The summed E-state index contributed by atoms with van der Waals surface area (Å²) in [4.78, 5) is 20.8. The predicted molar refractivity (Wildman–Crippen MR) is 125 cm³/mol. The number of sulfonamides is 1. The first kappa shape index (κ1) is 21.2. The van der Waals surface area contributed by atoms with Gasteiger partial charge in [-0.2, -0.15) is 0 Å². The molecule has 7 nitrogen and oxygen atoms in total. The number of amides is 1. The Balaban J connectivity index is 0.00000259. The molecule has 1 fully saturated rings. The third kappa shape index (κ3) is 3.62. The van der Waals surface area contributed by atoms with Crippen LogP contribution in [0.25, 0.3) is 0 Å². The van der Waals surface area contributed by atoms with Crippen molar-refractivity contribution in [3.05, 3.63) is 64.5 Å². The van der Waals surface area contributed by atoms with Crippen LogP contribution in [0.1, 0.15) is 13.4 Å². The standard InChI is InChI=1S/C21H18ClFN4O3S2.H2/c22-20-15-7-9-27(17(15)6-5-16(20)23)18-8-10-26(21(18)28)13-1-3-14(4-2-13)32(29,30)25-19-11-24-12-31-19;/h1-6,11-12,18,25H,7-10H2;1H/t18-;/m0./s1. The zero-order chi connectivity index (χ0) is 22.5. The molecule has 2 aliphatic heterocycles. The van der Waals surface area contributed by atoms with E-state index in [1.165, 1.54) is 35.7 Å². The van der Waals surface area contributed by atoms with Gasteiger partial charge in [0.05, 0.1) is 21.6 Å². The molecule has 3 aromatic rings. The average Bonchev–Trinajstić information content (AvgIpc) is 3.51. The first-order valence-corrected chi connectivity index (χ1v) is 12.7. The van der Waals surface area contributed by atoms with Gasteiger partial charge in [0.1, 0.15) is 16.9 Å². The number of hydrogen-bond donors (Lipinski definition) is 1. The van der Waals surface area contributed by atoms with E-state index >= 15 is 0 Å². The van der Waals surface area contributed by atoms with Crippen LogP contribution in [0, 0.1) is 5.82 Å². The van der Waals surface area contributed by atoms with Gasteiger partial charge in [0.15, 0.2) is 0 Å². The first-order valence-electron chi connectivity index (χ1n) is 9.91. The molecule has 0 saturated carbocycles. The molecule has 0 unspecified atom stereocenters. The van der Waals surface area contributed by atoms with Crippen LogP contribution in [0.3, 0.4) is 0 Å². The lowest BCUT2D eigenvalue weighted by atomic mass is 10.1. The molecule has 0 spiro atoms. The van der Waals surface area contributed by atoms with Gasteiger partial charge in [0.25, 0.3) is 10.0 Å². The Morgan fingerprint density at radius 1 is 1.19 bits per heavy atom. The minimum Gasteiger partial charge on any atom is -0.359 e. The zero-order valence-electron chi connectivity index (χ0n) is 16.7. The van der Waals surface area contributed by atoms with E-state index in [9.17, 15) is 17.6 Å². The van der Waals surface area contributed by atoms with Gasteiger partial charge in [-0.1, -0.05) is 11.6 Å². The van der Waals surface area contributed by atoms with Gasteiger partial charge in [-0.15, -0.1) is 11.3 Å². The first-order chi connectivity index (χ1) is 15.3. The topological polar surface area (TPSA) is 82.6 Å². The summed E-state index contributed by atoms with van der Waals surface area (Å²) in [6.45, 7) is 1.11. The van der Waals surface area contributed by atoms with E-state index in [0.717, 1.165) is 11.3 Å².